The first-order valence-electron chi connectivity index (χ1n) is 9.54. The highest BCUT2D eigenvalue weighted by molar-refractivity contribution is 7.91. The molecule has 0 saturated heterocycles. The van der Waals surface area contributed by atoms with Crippen LogP contribution in [-0.4, -0.2) is 26.6 Å². The number of nitrogens with one attached hydrogen (secondary N) is 1. The Bertz CT molecular complexity index is 1330. The van der Waals surface area contributed by atoms with Gasteiger partial charge in [-0.15, -0.1) is 0 Å². The zero-order valence-electron chi connectivity index (χ0n) is 16.5. The molecule has 0 amide bonds. The lowest BCUT2D eigenvalue weighted by Gasteiger charge is -2.18. The van der Waals surface area contributed by atoms with Crippen LogP contribution in [0.3, 0.4) is 0 Å². The third-order valence-corrected chi connectivity index (χ3v) is 6.38. The van der Waals surface area contributed by atoms with Gasteiger partial charge in [0.25, 0.3) is 5.89 Å². The molecule has 1 N–H and O–H groups in total. The first kappa shape index (κ1) is 19.3. The number of nitrogens with zero attached hydrogens (tertiary/aromatic N) is 1. The number of rotatable bonds is 5. The monoisotopic (exact) mass is 438 g/mol. The summed E-state index contributed by atoms with van der Waals surface area (Å²) >= 11 is 0. The van der Waals surface area contributed by atoms with E-state index >= 15 is 0 Å². The fraction of sp³-hybridized carbons (Fsp3) is 0.136. The summed E-state index contributed by atoms with van der Waals surface area (Å²) in [6, 6.07) is 15.2. The van der Waals surface area contributed by atoms with Gasteiger partial charge in [-0.25, -0.2) is 8.42 Å². The highest BCUT2D eigenvalue weighted by Gasteiger charge is 2.30. The Labute approximate surface area is 178 Å². The lowest BCUT2D eigenvalue weighted by Crippen LogP contribution is -2.16. The van der Waals surface area contributed by atoms with E-state index in [1.54, 1.807) is 18.2 Å². The van der Waals surface area contributed by atoms with E-state index in [4.69, 9.17) is 18.3 Å². The molecule has 0 spiro atoms. The fourth-order valence-corrected chi connectivity index (χ4v) is 4.42. The van der Waals surface area contributed by atoms with Crippen LogP contribution in [0.25, 0.3) is 11.7 Å². The van der Waals surface area contributed by atoms with E-state index in [0.717, 1.165) is 5.56 Å². The first-order valence-corrected chi connectivity index (χ1v) is 11.0. The Kier molecular flexibility index (Phi) is 4.67. The number of aryl methyl sites for hydroxylation is 1. The molecule has 9 heteroatoms. The second-order valence-electron chi connectivity index (χ2n) is 6.93. The summed E-state index contributed by atoms with van der Waals surface area (Å²) in [4.78, 5) is 4.26. The molecule has 0 bridgehead atoms. The van der Waals surface area contributed by atoms with Crippen LogP contribution in [0.1, 0.15) is 5.56 Å². The summed E-state index contributed by atoms with van der Waals surface area (Å²) < 4.78 is 49.1. The van der Waals surface area contributed by atoms with E-state index in [2.05, 4.69) is 10.3 Å². The number of sulfone groups is 1. The minimum absolute atomic E-state index is 0.00913. The Morgan fingerprint density at radius 1 is 0.968 bits per heavy atom. The molecule has 0 aliphatic carbocycles. The second-order valence-corrected chi connectivity index (χ2v) is 8.80. The summed E-state index contributed by atoms with van der Waals surface area (Å²) in [6.07, 6.45) is 1.46. The molecule has 0 fully saturated rings. The average Bonchev–Trinajstić information content (AvgIpc) is 3.45. The maximum Gasteiger partial charge on any atom is 0.266 e. The van der Waals surface area contributed by atoms with Crippen LogP contribution < -0.4 is 14.8 Å². The fourth-order valence-electron chi connectivity index (χ4n) is 3.14. The topological polar surface area (TPSA) is 104 Å². The molecule has 5 rings (SSSR count). The molecule has 0 radical (unpaired) electrons. The van der Waals surface area contributed by atoms with Crippen LogP contribution in [0.15, 0.2) is 79.6 Å². The maximum absolute atomic E-state index is 13.5. The van der Waals surface area contributed by atoms with Crippen molar-refractivity contribution in [3.63, 3.8) is 0 Å². The van der Waals surface area contributed by atoms with Gasteiger partial charge in [-0.3, -0.25) is 0 Å². The number of anilines is 2. The van der Waals surface area contributed by atoms with Crippen LogP contribution >= 0.6 is 0 Å². The molecule has 31 heavy (non-hydrogen) atoms. The molecule has 3 heterocycles. The lowest BCUT2D eigenvalue weighted by molar-refractivity contribution is 0.171. The van der Waals surface area contributed by atoms with Crippen molar-refractivity contribution in [3.05, 3.63) is 66.4 Å². The number of fused-ring (bicyclic) bond motifs is 1. The minimum Gasteiger partial charge on any atom is -0.486 e. The third kappa shape index (κ3) is 3.64. The van der Waals surface area contributed by atoms with Crippen molar-refractivity contribution in [1.29, 1.82) is 0 Å². The first-order chi connectivity index (χ1) is 15.0. The Morgan fingerprint density at radius 3 is 2.48 bits per heavy atom. The van der Waals surface area contributed by atoms with Crippen molar-refractivity contribution in [3.8, 4) is 23.1 Å². The number of benzene rings is 2. The highest BCUT2D eigenvalue weighted by atomic mass is 32.2. The number of aromatic nitrogens is 1. The summed E-state index contributed by atoms with van der Waals surface area (Å²) in [5.74, 6) is 1.23. The average molecular weight is 438 g/mol. The van der Waals surface area contributed by atoms with Gasteiger partial charge in [0.05, 0.1) is 11.2 Å². The van der Waals surface area contributed by atoms with E-state index in [1.165, 1.54) is 18.4 Å². The van der Waals surface area contributed by atoms with Gasteiger partial charge < -0.3 is 23.6 Å². The molecular formula is C22H18N2O6S. The number of hydrogen-bond acceptors (Lipinski definition) is 8. The number of ether oxygens (including phenoxy) is 2. The predicted octanol–water partition coefficient (Wildman–Crippen LogP) is 4.59. The molecule has 0 unspecified atom stereocenters. The largest absolute Gasteiger partial charge is 0.486 e. The number of hydrogen-bond donors (Lipinski definition) is 1. The third-order valence-electron chi connectivity index (χ3n) is 4.72. The normalized spacial score (nSPS) is 13.2. The molecule has 2 aromatic carbocycles. The van der Waals surface area contributed by atoms with Gasteiger partial charge in [0, 0.05) is 11.8 Å². The number of furan rings is 1. The van der Waals surface area contributed by atoms with Crippen molar-refractivity contribution >= 4 is 21.4 Å². The van der Waals surface area contributed by atoms with Gasteiger partial charge >= 0.3 is 0 Å². The predicted molar refractivity (Wildman–Crippen MR) is 112 cm³/mol. The Balaban J connectivity index is 1.60. The Hall–Kier alpha value is -3.72. The molecule has 1 aliphatic heterocycles. The van der Waals surface area contributed by atoms with Crippen molar-refractivity contribution in [2.75, 3.05) is 18.5 Å². The molecule has 0 saturated carbocycles. The van der Waals surface area contributed by atoms with Crippen LogP contribution in [0.5, 0.6) is 11.5 Å². The molecule has 2 aromatic heterocycles. The van der Waals surface area contributed by atoms with Gasteiger partial charge in [-0.05, 0) is 43.3 Å². The van der Waals surface area contributed by atoms with Crippen LogP contribution in [0.4, 0.5) is 11.6 Å². The smallest absolute Gasteiger partial charge is 0.266 e. The second kappa shape index (κ2) is 7.51. The van der Waals surface area contributed by atoms with Gasteiger partial charge in [-0.2, -0.15) is 4.98 Å². The summed E-state index contributed by atoms with van der Waals surface area (Å²) in [7, 11) is -4.05. The molecular weight excluding hydrogens is 420 g/mol. The summed E-state index contributed by atoms with van der Waals surface area (Å²) in [5, 5.41) is 2.76. The van der Waals surface area contributed by atoms with E-state index in [0.29, 0.717) is 36.2 Å². The zero-order chi connectivity index (χ0) is 21.4. The maximum atomic E-state index is 13.5. The van der Waals surface area contributed by atoms with Crippen LogP contribution in [0, 0.1) is 6.92 Å². The zero-order valence-corrected chi connectivity index (χ0v) is 17.3. The molecule has 8 nitrogen and oxygen atoms in total. The van der Waals surface area contributed by atoms with E-state index in [1.807, 2.05) is 31.2 Å². The van der Waals surface area contributed by atoms with Gasteiger partial charge in [0.1, 0.15) is 13.2 Å². The van der Waals surface area contributed by atoms with Gasteiger partial charge in [0.15, 0.2) is 17.3 Å². The summed E-state index contributed by atoms with van der Waals surface area (Å²) in [5.41, 5.74) is 1.73. The van der Waals surface area contributed by atoms with Crippen LogP contribution in [-0.2, 0) is 9.84 Å². The summed E-state index contributed by atoms with van der Waals surface area (Å²) in [6.45, 7) is 2.73. The van der Waals surface area contributed by atoms with Crippen LogP contribution in [0.2, 0.25) is 0 Å². The van der Waals surface area contributed by atoms with Crippen molar-refractivity contribution in [2.45, 2.75) is 16.8 Å². The number of oxazole rings is 1. The van der Waals surface area contributed by atoms with Crippen molar-refractivity contribution in [2.24, 2.45) is 0 Å². The van der Waals surface area contributed by atoms with E-state index < -0.39 is 9.84 Å². The quantitative estimate of drug-likeness (QED) is 0.482. The highest BCUT2D eigenvalue weighted by Crippen LogP contribution is 2.38. The SMILES string of the molecule is Cc1ccc(Nc2oc(-c3ccco3)nc2S(=O)(=O)c2ccc3c(c2)OCCO3)cc1. The van der Waals surface area contributed by atoms with E-state index in [9.17, 15) is 8.42 Å². The van der Waals surface area contributed by atoms with Crippen molar-refractivity contribution < 1.29 is 26.7 Å². The van der Waals surface area contributed by atoms with E-state index in [-0.39, 0.29) is 21.7 Å². The molecule has 4 aromatic rings. The molecule has 1 aliphatic rings. The van der Waals surface area contributed by atoms with Gasteiger partial charge in [-0.1, -0.05) is 17.7 Å². The molecule has 158 valence electrons. The Morgan fingerprint density at radius 2 is 1.74 bits per heavy atom. The standard InChI is InChI=1S/C22H18N2O6S/c1-14-4-6-15(7-5-14)23-21-22(24-20(30-21)18-3-2-10-27-18)31(25,26)16-8-9-17-19(13-16)29-12-11-28-17/h2-10,13,23H,11-12H2,1H3. The molecule has 0 atom stereocenters. The lowest BCUT2D eigenvalue weighted by atomic mass is 10.2. The minimum atomic E-state index is -4.05. The van der Waals surface area contributed by atoms with Gasteiger partial charge in [0.2, 0.25) is 20.7 Å². The van der Waals surface area contributed by atoms with Crippen molar-refractivity contribution in [1.82, 2.24) is 4.98 Å².